The molecule has 1 unspecified atom stereocenters. The molecule has 0 heterocycles. The van der Waals surface area contributed by atoms with E-state index in [0.717, 1.165) is 6.92 Å². The third-order valence-corrected chi connectivity index (χ3v) is 6.57. The number of amides is 2. The topological polar surface area (TPSA) is 98.3 Å². The van der Waals surface area contributed by atoms with Gasteiger partial charge in [-0.05, 0) is 60.2 Å². The molecule has 198 valence electrons. The van der Waals surface area contributed by atoms with Gasteiger partial charge in [0.1, 0.15) is 0 Å². The van der Waals surface area contributed by atoms with Crippen LogP contribution in [0.3, 0.4) is 0 Å². The largest absolute Gasteiger partial charge is 0.772 e. The minimum Gasteiger partial charge on any atom is -0.772 e. The van der Waals surface area contributed by atoms with Crippen molar-refractivity contribution >= 4 is 51.2 Å². The second-order valence-corrected chi connectivity index (χ2v) is 9.75. The normalized spacial score (nSPS) is 14.2. The number of alkyl halides is 7. The van der Waals surface area contributed by atoms with E-state index in [4.69, 9.17) is 0 Å². The highest BCUT2D eigenvalue weighted by atomic mass is 127. The Hall–Kier alpha value is -2.27. The van der Waals surface area contributed by atoms with E-state index < -0.39 is 58.3 Å². The van der Waals surface area contributed by atoms with Gasteiger partial charge in [-0.25, -0.2) is 4.39 Å². The Morgan fingerprint density at radius 1 is 1.03 bits per heavy atom. The summed E-state index contributed by atoms with van der Waals surface area (Å²) in [5.74, 6) is -2.12. The number of hydrogen-bond donors (Lipinski definition) is 2. The summed E-state index contributed by atoms with van der Waals surface area (Å²) in [6.07, 6.45) is -12.6. The fourth-order valence-electron chi connectivity index (χ4n) is 3.18. The maximum absolute atomic E-state index is 14.3. The Balaban J connectivity index is 2.40. The molecule has 0 fully saturated rings. The average Bonchev–Trinajstić information content (AvgIpc) is 2.71. The molecule has 0 saturated heterocycles. The van der Waals surface area contributed by atoms with Crippen LogP contribution in [0.2, 0.25) is 0 Å². The van der Waals surface area contributed by atoms with Crippen molar-refractivity contribution in [3.05, 3.63) is 62.2 Å². The van der Waals surface area contributed by atoms with Gasteiger partial charge in [0.25, 0.3) is 11.8 Å². The molecule has 0 aromatic heterocycles. The molecule has 0 spiro atoms. The summed E-state index contributed by atoms with van der Waals surface area (Å²) in [5.41, 5.74) is -8.21. The standard InChI is InChI=1S/C21H18F7IN2O4S/c1-10-8-12(19(22,20(23,24)25)21(26,27)28)6-7-15(10)31-17(32)13-4-3-5-14(29)16(13)18(33)30-11(2)9-36(34)35/h3-8,11H,9H2,1-2H3,(H,30,33)(H,31,32)(H,34,35)/p-1/t11-/m0/s1. The van der Waals surface area contributed by atoms with Crippen LogP contribution < -0.4 is 10.6 Å². The highest BCUT2D eigenvalue weighted by Crippen LogP contribution is 2.53. The van der Waals surface area contributed by atoms with Crippen molar-refractivity contribution in [2.24, 2.45) is 0 Å². The Morgan fingerprint density at radius 2 is 1.61 bits per heavy atom. The van der Waals surface area contributed by atoms with Gasteiger partial charge in [0.05, 0.1) is 11.1 Å². The second kappa shape index (κ2) is 11.0. The summed E-state index contributed by atoms with van der Waals surface area (Å²) in [5, 5.41) is 4.70. The van der Waals surface area contributed by atoms with E-state index in [2.05, 4.69) is 10.6 Å². The number of benzene rings is 2. The van der Waals surface area contributed by atoms with E-state index in [1.54, 1.807) is 22.6 Å². The van der Waals surface area contributed by atoms with Crippen LogP contribution in [0, 0.1) is 10.5 Å². The molecule has 2 atom stereocenters. The third-order valence-electron chi connectivity index (χ3n) is 4.90. The van der Waals surface area contributed by atoms with Crippen molar-refractivity contribution in [2.45, 2.75) is 37.9 Å². The molecule has 2 aromatic rings. The van der Waals surface area contributed by atoms with Gasteiger partial charge in [0.2, 0.25) is 0 Å². The van der Waals surface area contributed by atoms with Crippen molar-refractivity contribution in [3.63, 3.8) is 0 Å². The highest BCUT2D eigenvalue weighted by Gasteiger charge is 2.73. The molecule has 2 amide bonds. The second-order valence-electron chi connectivity index (χ2n) is 7.65. The number of nitrogens with one attached hydrogen (secondary N) is 2. The zero-order valence-corrected chi connectivity index (χ0v) is 21.3. The number of halogens is 8. The highest BCUT2D eigenvalue weighted by molar-refractivity contribution is 14.1. The Kier molecular flexibility index (Phi) is 9.15. The minimum absolute atomic E-state index is 0.134. The van der Waals surface area contributed by atoms with Crippen LogP contribution in [0.5, 0.6) is 0 Å². The smallest absolute Gasteiger partial charge is 0.435 e. The van der Waals surface area contributed by atoms with E-state index in [9.17, 15) is 49.1 Å². The molecule has 15 heteroatoms. The first-order valence-corrected chi connectivity index (χ1v) is 12.1. The quantitative estimate of drug-likeness (QED) is 0.246. The Morgan fingerprint density at radius 3 is 2.11 bits per heavy atom. The van der Waals surface area contributed by atoms with Crippen LogP contribution in [0.15, 0.2) is 36.4 Å². The molecule has 0 aliphatic heterocycles. The molecule has 0 aliphatic rings. The van der Waals surface area contributed by atoms with E-state index in [1.165, 1.54) is 25.1 Å². The van der Waals surface area contributed by atoms with E-state index in [-0.39, 0.29) is 28.4 Å². The van der Waals surface area contributed by atoms with Crippen LogP contribution in [0.4, 0.5) is 36.4 Å². The molecule has 2 N–H and O–H groups in total. The lowest BCUT2D eigenvalue weighted by atomic mass is 9.92. The zero-order valence-electron chi connectivity index (χ0n) is 18.3. The Bertz CT molecular complexity index is 1170. The van der Waals surface area contributed by atoms with Gasteiger partial charge < -0.3 is 15.2 Å². The first kappa shape index (κ1) is 30.0. The van der Waals surface area contributed by atoms with Crippen molar-refractivity contribution in [3.8, 4) is 0 Å². The van der Waals surface area contributed by atoms with Crippen LogP contribution >= 0.6 is 22.6 Å². The van der Waals surface area contributed by atoms with E-state index in [1.807, 2.05) is 0 Å². The van der Waals surface area contributed by atoms with Crippen LogP contribution in [-0.2, 0) is 16.7 Å². The van der Waals surface area contributed by atoms with E-state index in [0.29, 0.717) is 15.7 Å². The number of hydrogen-bond acceptors (Lipinski definition) is 4. The van der Waals surface area contributed by atoms with Crippen molar-refractivity contribution < 1.29 is 49.1 Å². The number of rotatable bonds is 7. The maximum Gasteiger partial charge on any atom is 0.435 e. The first-order valence-electron chi connectivity index (χ1n) is 9.80. The number of anilines is 1. The first-order chi connectivity index (χ1) is 16.4. The predicted molar refractivity (Wildman–Crippen MR) is 124 cm³/mol. The molecular weight excluding hydrogens is 636 g/mol. The van der Waals surface area contributed by atoms with Gasteiger partial charge in [-0.1, -0.05) is 29.3 Å². The molecule has 2 aromatic carbocycles. The average molecular weight is 653 g/mol. The molecule has 0 bridgehead atoms. The van der Waals surface area contributed by atoms with E-state index >= 15 is 0 Å². The SMILES string of the molecule is Cc1cc(C(F)(C(F)(F)F)C(F)(F)F)ccc1NC(=O)c1cccc(I)c1C(=O)N[C@@H](C)CS(=O)[O-]. The van der Waals surface area contributed by atoms with Crippen LogP contribution in [-0.4, -0.2) is 44.7 Å². The summed E-state index contributed by atoms with van der Waals surface area (Å²) < 4.78 is 114. The van der Waals surface area contributed by atoms with Crippen molar-refractivity contribution in [1.82, 2.24) is 5.32 Å². The van der Waals surface area contributed by atoms with Gasteiger partial charge in [0.15, 0.2) is 0 Å². The lowest BCUT2D eigenvalue weighted by Gasteiger charge is -2.30. The third kappa shape index (κ3) is 6.34. The molecule has 0 saturated carbocycles. The summed E-state index contributed by atoms with van der Waals surface area (Å²) in [6, 6.07) is 4.61. The molecule has 6 nitrogen and oxygen atoms in total. The van der Waals surface area contributed by atoms with Crippen LogP contribution in [0.25, 0.3) is 0 Å². The lowest BCUT2D eigenvalue weighted by Crippen LogP contribution is -2.50. The van der Waals surface area contributed by atoms with Crippen molar-refractivity contribution in [1.29, 1.82) is 0 Å². The fourth-order valence-corrected chi connectivity index (χ4v) is 4.42. The molecule has 0 radical (unpaired) electrons. The van der Waals surface area contributed by atoms with Gasteiger partial charge >= 0.3 is 18.0 Å². The summed E-state index contributed by atoms with van der Waals surface area (Å²) >= 11 is -0.695. The molecule has 2 rings (SSSR count). The number of carbonyl (C=O) groups is 2. The van der Waals surface area contributed by atoms with Gasteiger partial charge in [-0.2, -0.15) is 26.3 Å². The summed E-state index contributed by atoms with van der Waals surface area (Å²) in [6.45, 7) is 2.49. The van der Waals surface area contributed by atoms with Gasteiger partial charge in [0, 0.05) is 26.6 Å². The maximum atomic E-state index is 14.3. The number of carbonyl (C=O) groups excluding carboxylic acids is 2. The van der Waals surface area contributed by atoms with Gasteiger partial charge in [-0.3, -0.25) is 13.8 Å². The predicted octanol–water partition coefficient (Wildman–Crippen LogP) is 5.14. The van der Waals surface area contributed by atoms with Crippen molar-refractivity contribution in [2.75, 3.05) is 11.1 Å². The lowest BCUT2D eigenvalue weighted by molar-refractivity contribution is -0.348. The molecular formula is C21H17F7IN2O4S-. The van der Waals surface area contributed by atoms with Crippen LogP contribution in [0.1, 0.15) is 38.8 Å². The minimum atomic E-state index is -6.29. The molecule has 36 heavy (non-hydrogen) atoms. The summed E-state index contributed by atoms with van der Waals surface area (Å²) in [4.78, 5) is 25.6. The fraction of sp³-hybridized carbons (Fsp3) is 0.333. The zero-order chi connectivity index (χ0) is 27.6. The molecule has 0 aliphatic carbocycles. The van der Waals surface area contributed by atoms with Gasteiger partial charge in [-0.15, -0.1) is 0 Å². The Labute approximate surface area is 216 Å². The number of aryl methyl sites for hydroxylation is 1. The summed E-state index contributed by atoms with van der Waals surface area (Å²) in [7, 11) is 0. The monoisotopic (exact) mass is 653 g/mol.